The number of halogens is 1. The average molecular weight is 344 g/mol. The van der Waals surface area contributed by atoms with E-state index in [1.165, 1.54) is 18.5 Å². The zero-order chi connectivity index (χ0) is 14.5. The summed E-state index contributed by atoms with van der Waals surface area (Å²) in [6, 6.07) is 0.483. The first-order chi connectivity index (χ1) is 9.65. The number of ether oxygens (including phenoxy) is 1. The van der Waals surface area contributed by atoms with Crippen LogP contribution in [0, 0.1) is 6.92 Å². The number of nitrogens with one attached hydrogen (secondary N) is 1. The number of hydrogen-bond donors (Lipinski definition) is 1. The third-order valence-corrected chi connectivity index (χ3v) is 5.19. The van der Waals surface area contributed by atoms with Gasteiger partial charge in [0.1, 0.15) is 0 Å². The van der Waals surface area contributed by atoms with E-state index < -0.39 is 0 Å². The normalized spacial score (nSPS) is 20.5. The minimum atomic E-state index is 0.479. The molecule has 1 aromatic heterocycles. The Balaban J connectivity index is 1.95. The quantitative estimate of drug-likeness (QED) is 0.826. The molecule has 1 aromatic rings. The molecule has 5 heteroatoms. The summed E-state index contributed by atoms with van der Waals surface area (Å²) in [5.74, 6) is 0. The van der Waals surface area contributed by atoms with E-state index in [1.54, 1.807) is 0 Å². The standard InChI is InChI=1S/C15H26BrN3O/c1-4-19-14(15(16)11(2)18-19)10-12(17-3)7-8-13-6-5-9-20-13/h12-13,17H,4-10H2,1-3H3. The molecule has 20 heavy (non-hydrogen) atoms. The monoisotopic (exact) mass is 343 g/mol. The molecule has 0 amide bonds. The van der Waals surface area contributed by atoms with E-state index in [-0.39, 0.29) is 0 Å². The minimum absolute atomic E-state index is 0.479. The lowest BCUT2D eigenvalue weighted by Gasteiger charge is -2.19. The maximum Gasteiger partial charge on any atom is 0.0738 e. The van der Waals surface area contributed by atoms with Crippen molar-refractivity contribution in [2.24, 2.45) is 0 Å². The Bertz CT molecular complexity index is 427. The van der Waals surface area contributed by atoms with Crippen LogP contribution in [0.15, 0.2) is 4.47 Å². The third kappa shape index (κ3) is 3.83. The predicted molar refractivity (Wildman–Crippen MR) is 85.1 cm³/mol. The average Bonchev–Trinajstić information content (AvgIpc) is 3.06. The second kappa shape index (κ2) is 7.57. The van der Waals surface area contributed by atoms with Gasteiger partial charge in [0.25, 0.3) is 0 Å². The van der Waals surface area contributed by atoms with Crippen molar-refractivity contribution in [1.82, 2.24) is 15.1 Å². The highest BCUT2D eigenvalue weighted by Gasteiger charge is 2.20. The molecule has 4 nitrogen and oxygen atoms in total. The van der Waals surface area contributed by atoms with Gasteiger partial charge in [-0.25, -0.2) is 0 Å². The lowest BCUT2D eigenvalue weighted by molar-refractivity contribution is 0.0997. The van der Waals surface area contributed by atoms with Crippen LogP contribution in [0.2, 0.25) is 0 Å². The fourth-order valence-electron chi connectivity index (χ4n) is 2.90. The lowest BCUT2D eigenvalue weighted by atomic mass is 10.0. The largest absolute Gasteiger partial charge is 0.378 e. The van der Waals surface area contributed by atoms with Crippen molar-refractivity contribution >= 4 is 15.9 Å². The highest BCUT2D eigenvalue weighted by atomic mass is 79.9. The van der Waals surface area contributed by atoms with Crippen molar-refractivity contribution in [3.8, 4) is 0 Å². The molecule has 2 rings (SSSR count). The Morgan fingerprint density at radius 3 is 2.95 bits per heavy atom. The summed E-state index contributed by atoms with van der Waals surface area (Å²) in [5.41, 5.74) is 2.38. The van der Waals surface area contributed by atoms with Gasteiger partial charge in [-0.1, -0.05) is 0 Å². The molecule has 0 spiro atoms. The molecule has 1 aliphatic rings. The molecular formula is C15H26BrN3O. The first-order valence-electron chi connectivity index (χ1n) is 7.66. The van der Waals surface area contributed by atoms with Crippen LogP contribution in [0.4, 0.5) is 0 Å². The summed E-state index contributed by atoms with van der Waals surface area (Å²) in [6.07, 6.45) is 6.25. The first kappa shape index (κ1) is 16.0. The molecule has 0 bridgehead atoms. The summed E-state index contributed by atoms with van der Waals surface area (Å²) in [5, 5.41) is 8.02. The smallest absolute Gasteiger partial charge is 0.0738 e. The van der Waals surface area contributed by atoms with Crippen molar-refractivity contribution in [3.63, 3.8) is 0 Å². The van der Waals surface area contributed by atoms with Crippen LogP contribution in [0.1, 0.15) is 44.0 Å². The van der Waals surface area contributed by atoms with Gasteiger partial charge in [0.2, 0.25) is 0 Å². The number of hydrogen-bond acceptors (Lipinski definition) is 3. The van der Waals surface area contributed by atoms with Gasteiger partial charge in [-0.15, -0.1) is 0 Å². The van der Waals surface area contributed by atoms with Crippen molar-refractivity contribution in [1.29, 1.82) is 0 Å². The highest BCUT2D eigenvalue weighted by Crippen LogP contribution is 2.24. The van der Waals surface area contributed by atoms with Gasteiger partial charge in [0.15, 0.2) is 0 Å². The SMILES string of the molecule is CCn1nc(C)c(Br)c1CC(CCC1CCCO1)NC. The molecule has 0 radical (unpaired) electrons. The first-order valence-corrected chi connectivity index (χ1v) is 8.45. The summed E-state index contributed by atoms with van der Waals surface area (Å²) in [6.45, 7) is 6.07. The van der Waals surface area contributed by atoms with Crippen molar-refractivity contribution < 1.29 is 4.74 Å². The Morgan fingerprint density at radius 2 is 2.35 bits per heavy atom. The molecule has 1 N–H and O–H groups in total. The van der Waals surface area contributed by atoms with Gasteiger partial charge >= 0.3 is 0 Å². The highest BCUT2D eigenvalue weighted by molar-refractivity contribution is 9.10. The number of rotatable bonds is 7. The van der Waals surface area contributed by atoms with Gasteiger partial charge in [0.05, 0.1) is 22.0 Å². The number of aromatic nitrogens is 2. The fourth-order valence-corrected chi connectivity index (χ4v) is 3.35. The molecular weight excluding hydrogens is 318 g/mol. The molecule has 0 saturated carbocycles. The van der Waals surface area contributed by atoms with E-state index in [1.807, 2.05) is 7.05 Å². The molecule has 2 atom stereocenters. The molecule has 1 aliphatic heterocycles. The number of aryl methyl sites for hydroxylation is 2. The Morgan fingerprint density at radius 1 is 1.55 bits per heavy atom. The van der Waals surface area contributed by atoms with Crippen LogP contribution in [-0.4, -0.2) is 35.6 Å². The second-order valence-corrected chi connectivity index (χ2v) is 6.36. The maximum absolute atomic E-state index is 5.72. The predicted octanol–water partition coefficient (Wildman–Crippen LogP) is 3.06. The van der Waals surface area contributed by atoms with E-state index in [0.717, 1.165) is 42.6 Å². The maximum atomic E-state index is 5.72. The van der Waals surface area contributed by atoms with Gasteiger partial charge in [0, 0.05) is 25.6 Å². The lowest BCUT2D eigenvalue weighted by Crippen LogP contribution is -2.30. The Labute approximate surface area is 130 Å². The Hall–Kier alpha value is -0.390. The van der Waals surface area contributed by atoms with Crippen LogP contribution in [-0.2, 0) is 17.7 Å². The summed E-state index contributed by atoms with van der Waals surface area (Å²) in [4.78, 5) is 0. The molecule has 1 fully saturated rings. The van der Waals surface area contributed by atoms with E-state index in [9.17, 15) is 0 Å². The van der Waals surface area contributed by atoms with Crippen molar-refractivity contribution in [3.05, 3.63) is 15.9 Å². The van der Waals surface area contributed by atoms with Gasteiger partial charge in [-0.05, 0) is 62.5 Å². The third-order valence-electron chi connectivity index (χ3n) is 4.16. The van der Waals surface area contributed by atoms with E-state index in [2.05, 4.69) is 44.9 Å². The van der Waals surface area contributed by atoms with Crippen LogP contribution in [0.5, 0.6) is 0 Å². The van der Waals surface area contributed by atoms with E-state index in [0.29, 0.717) is 12.1 Å². The van der Waals surface area contributed by atoms with Gasteiger partial charge < -0.3 is 10.1 Å². The summed E-state index contributed by atoms with van der Waals surface area (Å²) in [7, 11) is 2.05. The zero-order valence-corrected chi connectivity index (χ0v) is 14.4. The number of nitrogens with zero attached hydrogens (tertiary/aromatic N) is 2. The molecule has 1 saturated heterocycles. The topological polar surface area (TPSA) is 39.1 Å². The second-order valence-electron chi connectivity index (χ2n) is 5.56. The molecule has 2 unspecified atom stereocenters. The zero-order valence-electron chi connectivity index (χ0n) is 12.8. The van der Waals surface area contributed by atoms with Crippen LogP contribution in [0.25, 0.3) is 0 Å². The van der Waals surface area contributed by atoms with Crippen LogP contribution >= 0.6 is 15.9 Å². The minimum Gasteiger partial charge on any atom is -0.378 e. The molecule has 0 aliphatic carbocycles. The van der Waals surface area contributed by atoms with Gasteiger partial charge in [-0.3, -0.25) is 4.68 Å². The number of likely N-dealkylation sites (N-methyl/N-ethyl adjacent to an activating group) is 1. The van der Waals surface area contributed by atoms with Crippen molar-refractivity contribution in [2.45, 2.75) is 64.6 Å². The van der Waals surface area contributed by atoms with Gasteiger partial charge in [-0.2, -0.15) is 5.10 Å². The fraction of sp³-hybridized carbons (Fsp3) is 0.800. The van der Waals surface area contributed by atoms with Crippen LogP contribution in [0.3, 0.4) is 0 Å². The van der Waals surface area contributed by atoms with E-state index >= 15 is 0 Å². The summed E-state index contributed by atoms with van der Waals surface area (Å²) >= 11 is 3.68. The molecule has 0 aromatic carbocycles. The van der Waals surface area contributed by atoms with E-state index in [4.69, 9.17) is 4.74 Å². The Kier molecular flexibility index (Phi) is 6.05. The molecule has 2 heterocycles. The molecule has 114 valence electrons. The van der Waals surface area contributed by atoms with Crippen molar-refractivity contribution in [2.75, 3.05) is 13.7 Å². The van der Waals surface area contributed by atoms with Crippen LogP contribution < -0.4 is 5.32 Å². The summed E-state index contributed by atoms with van der Waals surface area (Å²) < 4.78 is 8.99.